The molecule has 0 saturated carbocycles. The summed E-state index contributed by atoms with van der Waals surface area (Å²) in [5.74, 6) is 0. The highest BCUT2D eigenvalue weighted by atomic mass is 32.2. The van der Waals surface area contributed by atoms with E-state index < -0.39 is 35.1 Å². The van der Waals surface area contributed by atoms with Crippen LogP contribution in [-0.4, -0.2) is 57.3 Å². The lowest BCUT2D eigenvalue weighted by atomic mass is 10.2. The third-order valence-corrected chi connectivity index (χ3v) is 4.11. The van der Waals surface area contributed by atoms with E-state index in [1.54, 1.807) is 6.92 Å². The van der Waals surface area contributed by atoms with Gasteiger partial charge in [-0.3, -0.25) is 0 Å². The van der Waals surface area contributed by atoms with Crippen molar-refractivity contribution in [2.24, 2.45) is 5.73 Å². The van der Waals surface area contributed by atoms with E-state index >= 15 is 0 Å². The molecule has 1 saturated heterocycles. The summed E-state index contributed by atoms with van der Waals surface area (Å²) in [6.45, 7) is 0.129. The predicted octanol–water partition coefficient (Wildman–Crippen LogP) is -0.569. The lowest BCUT2D eigenvalue weighted by Gasteiger charge is -2.36. The molecule has 0 amide bonds. The van der Waals surface area contributed by atoms with E-state index in [0.29, 0.717) is 0 Å². The zero-order valence-electron chi connectivity index (χ0n) is 9.77. The summed E-state index contributed by atoms with van der Waals surface area (Å²) < 4.78 is 67.1. The molecule has 2 atom stereocenters. The van der Waals surface area contributed by atoms with Crippen LogP contribution in [0.2, 0.25) is 0 Å². The maximum Gasteiger partial charge on any atom is 0.402 e. The van der Waals surface area contributed by atoms with Crippen molar-refractivity contribution in [3.05, 3.63) is 0 Å². The van der Waals surface area contributed by atoms with E-state index in [-0.39, 0.29) is 19.7 Å². The molecule has 1 fully saturated rings. The quantitative estimate of drug-likeness (QED) is 0.726. The topological polar surface area (TPSA) is 84.7 Å². The SMILES string of the molecule is CC1COC(CN)CN1S(=O)(=O)NCC(F)(F)F. The Morgan fingerprint density at radius 3 is 2.61 bits per heavy atom. The molecule has 1 aliphatic rings. The second kappa shape index (κ2) is 5.70. The summed E-state index contributed by atoms with van der Waals surface area (Å²) in [5, 5.41) is 0. The number of morpholine rings is 1. The van der Waals surface area contributed by atoms with Crippen LogP contribution < -0.4 is 10.5 Å². The zero-order valence-corrected chi connectivity index (χ0v) is 10.6. The number of alkyl halides is 3. The third kappa shape index (κ3) is 4.35. The van der Waals surface area contributed by atoms with Crippen LogP contribution in [0.3, 0.4) is 0 Å². The molecular weight excluding hydrogens is 275 g/mol. The normalized spacial score (nSPS) is 27.4. The Labute approximate surface area is 103 Å². The van der Waals surface area contributed by atoms with Gasteiger partial charge in [0.2, 0.25) is 0 Å². The maximum absolute atomic E-state index is 12.0. The van der Waals surface area contributed by atoms with Crippen LogP contribution in [-0.2, 0) is 14.9 Å². The van der Waals surface area contributed by atoms with Crippen molar-refractivity contribution in [3.8, 4) is 0 Å². The van der Waals surface area contributed by atoms with Gasteiger partial charge in [0.15, 0.2) is 0 Å². The molecule has 1 heterocycles. The molecule has 0 aliphatic carbocycles. The first kappa shape index (κ1) is 15.6. The molecule has 0 aromatic carbocycles. The van der Waals surface area contributed by atoms with Crippen LogP contribution in [0.4, 0.5) is 13.2 Å². The Bertz CT molecular complexity index is 374. The number of hydrogen-bond acceptors (Lipinski definition) is 4. The van der Waals surface area contributed by atoms with Gasteiger partial charge in [-0.1, -0.05) is 0 Å². The molecule has 1 rings (SSSR count). The first-order chi connectivity index (χ1) is 8.15. The summed E-state index contributed by atoms with van der Waals surface area (Å²) >= 11 is 0. The van der Waals surface area contributed by atoms with Crippen molar-refractivity contribution in [2.75, 3.05) is 26.2 Å². The average Bonchev–Trinajstić information content (AvgIpc) is 2.26. The molecule has 10 heteroatoms. The Balaban J connectivity index is 2.70. The fraction of sp³-hybridized carbons (Fsp3) is 1.00. The van der Waals surface area contributed by atoms with Crippen molar-refractivity contribution in [1.82, 2.24) is 9.03 Å². The van der Waals surface area contributed by atoms with Crippen LogP contribution in [0.1, 0.15) is 6.92 Å². The first-order valence-electron chi connectivity index (χ1n) is 5.30. The van der Waals surface area contributed by atoms with E-state index in [1.165, 1.54) is 4.72 Å². The van der Waals surface area contributed by atoms with Crippen molar-refractivity contribution < 1.29 is 26.3 Å². The van der Waals surface area contributed by atoms with E-state index in [0.717, 1.165) is 4.31 Å². The molecule has 0 radical (unpaired) electrons. The molecule has 108 valence electrons. The number of nitrogens with one attached hydrogen (secondary N) is 1. The van der Waals surface area contributed by atoms with Gasteiger partial charge in [0.05, 0.1) is 12.7 Å². The summed E-state index contributed by atoms with van der Waals surface area (Å²) in [7, 11) is -4.18. The Kier molecular flexibility index (Phi) is 4.95. The van der Waals surface area contributed by atoms with Gasteiger partial charge in [0, 0.05) is 19.1 Å². The number of nitrogens with two attached hydrogens (primary N) is 1. The smallest absolute Gasteiger partial charge is 0.374 e. The number of nitrogens with zero attached hydrogens (tertiary/aromatic N) is 1. The zero-order chi connectivity index (χ0) is 14.0. The molecule has 3 N–H and O–H groups in total. The van der Waals surface area contributed by atoms with Gasteiger partial charge in [0.1, 0.15) is 6.54 Å². The lowest BCUT2D eigenvalue weighted by molar-refractivity contribution is -0.121. The van der Waals surface area contributed by atoms with E-state index in [9.17, 15) is 21.6 Å². The Morgan fingerprint density at radius 2 is 2.11 bits per heavy atom. The summed E-state index contributed by atoms with van der Waals surface area (Å²) in [5.41, 5.74) is 5.35. The van der Waals surface area contributed by atoms with Crippen LogP contribution >= 0.6 is 0 Å². The molecule has 6 nitrogen and oxygen atoms in total. The maximum atomic E-state index is 12.0. The lowest BCUT2D eigenvalue weighted by Crippen LogP contribution is -2.56. The van der Waals surface area contributed by atoms with Gasteiger partial charge in [-0.15, -0.1) is 0 Å². The third-order valence-electron chi connectivity index (χ3n) is 2.47. The fourth-order valence-corrected chi connectivity index (χ4v) is 2.93. The van der Waals surface area contributed by atoms with Gasteiger partial charge >= 0.3 is 6.18 Å². The minimum atomic E-state index is -4.59. The van der Waals surface area contributed by atoms with Crippen LogP contribution in [0, 0.1) is 0 Å². The molecule has 18 heavy (non-hydrogen) atoms. The monoisotopic (exact) mass is 291 g/mol. The van der Waals surface area contributed by atoms with Crippen molar-refractivity contribution in [2.45, 2.75) is 25.2 Å². The molecule has 0 aromatic rings. The van der Waals surface area contributed by atoms with Crippen LogP contribution in [0.15, 0.2) is 0 Å². The van der Waals surface area contributed by atoms with E-state index in [4.69, 9.17) is 10.5 Å². The highest BCUT2D eigenvalue weighted by Crippen LogP contribution is 2.17. The van der Waals surface area contributed by atoms with Crippen LogP contribution in [0.5, 0.6) is 0 Å². The predicted molar refractivity (Wildman–Crippen MR) is 57.9 cm³/mol. The van der Waals surface area contributed by atoms with Gasteiger partial charge in [-0.05, 0) is 6.92 Å². The van der Waals surface area contributed by atoms with Crippen LogP contribution in [0.25, 0.3) is 0 Å². The molecule has 1 aliphatic heterocycles. The largest absolute Gasteiger partial charge is 0.402 e. The number of ether oxygens (including phenoxy) is 1. The Morgan fingerprint density at radius 1 is 1.50 bits per heavy atom. The molecule has 0 bridgehead atoms. The number of rotatable bonds is 4. The standard InChI is InChI=1S/C8H16F3N3O3S/c1-6-4-17-7(2-12)3-14(6)18(15,16)13-5-8(9,10)11/h6-7,13H,2-5,12H2,1H3. The van der Waals surface area contributed by atoms with Crippen molar-refractivity contribution >= 4 is 10.2 Å². The highest BCUT2D eigenvalue weighted by molar-refractivity contribution is 7.87. The molecule has 2 unspecified atom stereocenters. The first-order valence-corrected chi connectivity index (χ1v) is 6.74. The minimum absolute atomic E-state index is 0.0507. The van der Waals surface area contributed by atoms with Gasteiger partial charge in [-0.25, -0.2) is 0 Å². The minimum Gasteiger partial charge on any atom is -0.374 e. The molecular formula is C8H16F3N3O3S. The van der Waals surface area contributed by atoms with E-state index in [2.05, 4.69) is 0 Å². The van der Waals surface area contributed by atoms with Gasteiger partial charge in [0.25, 0.3) is 10.2 Å². The van der Waals surface area contributed by atoms with Gasteiger partial charge in [-0.2, -0.15) is 30.6 Å². The average molecular weight is 291 g/mol. The van der Waals surface area contributed by atoms with E-state index in [1.807, 2.05) is 0 Å². The number of halogens is 3. The summed E-state index contributed by atoms with van der Waals surface area (Å²) in [4.78, 5) is 0. The highest BCUT2D eigenvalue weighted by Gasteiger charge is 2.37. The molecule has 0 spiro atoms. The second-order valence-corrected chi connectivity index (χ2v) is 5.76. The van der Waals surface area contributed by atoms with Gasteiger partial charge < -0.3 is 10.5 Å². The Hall–Kier alpha value is -0.420. The fourth-order valence-electron chi connectivity index (χ4n) is 1.53. The summed E-state index contributed by atoms with van der Waals surface area (Å²) in [6.07, 6.45) is -5.08. The summed E-state index contributed by atoms with van der Waals surface area (Å²) in [6, 6.07) is -0.529. The number of hydrogen-bond donors (Lipinski definition) is 2. The molecule has 0 aromatic heterocycles. The van der Waals surface area contributed by atoms with Crippen molar-refractivity contribution in [3.63, 3.8) is 0 Å². The van der Waals surface area contributed by atoms with Crippen molar-refractivity contribution in [1.29, 1.82) is 0 Å². The second-order valence-electron chi connectivity index (χ2n) is 4.05.